The Morgan fingerprint density at radius 3 is 2.26 bits per heavy atom. The predicted octanol–water partition coefficient (Wildman–Crippen LogP) is 1.62. The highest BCUT2D eigenvalue weighted by molar-refractivity contribution is 5.97. The van der Waals surface area contributed by atoms with Gasteiger partial charge >= 0.3 is 0 Å². The van der Waals surface area contributed by atoms with Gasteiger partial charge in [-0.3, -0.25) is 9.59 Å². The topological polar surface area (TPSA) is 70.7 Å². The number of nitrogens with zero attached hydrogens (tertiary/aromatic N) is 1. The second-order valence-electron chi connectivity index (χ2n) is 6.06. The van der Waals surface area contributed by atoms with Crippen molar-refractivity contribution in [3.63, 3.8) is 0 Å². The summed E-state index contributed by atoms with van der Waals surface area (Å²) in [6.07, 6.45) is 0. The van der Waals surface area contributed by atoms with Gasteiger partial charge in [-0.25, -0.2) is 0 Å². The molecule has 1 saturated heterocycles. The third-order valence-corrected chi connectivity index (χ3v) is 3.82. The average Bonchev–Trinajstić information content (AvgIpc) is 2.53. The van der Waals surface area contributed by atoms with Crippen LogP contribution >= 0.6 is 0 Å². The molecule has 1 aliphatic rings. The van der Waals surface area contributed by atoms with Gasteiger partial charge in [0, 0.05) is 31.4 Å². The fourth-order valence-electron chi connectivity index (χ4n) is 2.55. The van der Waals surface area contributed by atoms with Crippen molar-refractivity contribution in [3.8, 4) is 0 Å². The van der Waals surface area contributed by atoms with Crippen LogP contribution in [0.2, 0.25) is 0 Å². The molecule has 1 heterocycles. The molecular formula is C17H25N3O3. The van der Waals surface area contributed by atoms with Crippen molar-refractivity contribution in [1.29, 1.82) is 0 Å². The van der Waals surface area contributed by atoms with Crippen LogP contribution < -0.4 is 15.5 Å². The second-order valence-corrected chi connectivity index (χ2v) is 6.06. The van der Waals surface area contributed by atoms with Crippen molar-refractivity contribution in [2.45, 2.75) is 26.8 Å². The van der Waals surface area contributed by atoms with Crippen molar-refractivity contribution in [2.24, 2.45) is 5.92 Å². The number of ether oxygens (including phenoxy) is 1. The van der Waals surface area contributed by atoms with Gasteiger partial charge < -0.3 is 20.3 Å². The van der Waals surface area contributed by atoms with E-state index >= 15 is 0 Å². The molecule has 23 heavy (non-hydrogen) atoms. The highest BCUT2D eigenvalue weighted by atomic mass is 16.5. The maximum absolute atomic E-state index is 12.3. The van der Waals surface area contributed by atoms with E-state index in [2.05, 4.69) is 15.5 Å². The molecule has 1 aliphatic heterocycles. The van der Waals surface area contributed by atoms with E-state index in [-0.39, 0.29) is 17.7 Å². The number of anilines is 2. The quantitative estimate of drug-likeness (QED) is 0.865. The third kappa shape index (κ3) is 4.96. The first kappa shape index (κ1) is 17.3. The zero-order valence-electron chi connectivity index (χ0n) is 14.0. The predicted molar refractivity (Wildman–Crippen MR) is 90.5 cm³/mol. The Morgan fingerprint density at radius 1 is 1.13 bits per heavy atom. The van der Waals surface area contributed by atoms with Gasteiger partial charge in [0.2, 0.25) is 11.8 Å². The maximum Gasteiger partial charge on any atom is 0.247 e. The number of morpholine rings is 1. The van der Waals surface area contributed by atoms with Crippen LogP contribution in [0, 0.1) is 5.92 Å². The molecule has 0 radical (unpaired) electrons. The minimum absolute atomic E-state index is 0.0199. The lowest BCUT2D eigenvalue weighted by Gasteiger charge is -2.29. The van der Waals surface area contributed by atoms with Gasteiger partial charge in [-0.05, 0) is 30.2 Å². The van der Waals surface area contributed by atoms with E-state index in [1.807, 2.05) is 38.1 Å². The summed E-state index contributed by atoms with van der Waals surface area (Å²) in [5, 5.41) is 5.55. The normalized spacial score (nSPS) is 16.1. The number of benzene rings is 1. The highest BCUT2D eigenvalue weighted by Crippen LogP contribution is 2.19. The molecule has 0 saturated carbocycles. The molecule has 0 aliphatic carbocycles. The fourth-order valence-corrected chi connectivity index (χ4v) is 2.55. The van der Waals surface area contributed by atoms with Crippen molar-refractivity contribution < 1.29 is 14.3 Å². The lowest BCUT2D eigenvalue weighted by Crippen LogP contribution is -2.46. The van der Waals surface area contributed by atoms with Crippen molar-refractivity contribution in [1.82, 2.24) is 5.32 Å². The van der Waals surface area contributed by atoms with E-state index in [4.69, 9.17) is 4.74 Å². The van der Waals surface area contributed by atoms with E-state index in [9.17, 15) is 9.59 Å². The fraction of sp³-hybridized carbons (Fsp3) is 0.529. The molecule has 1 aromatic carbocycles. The number of carbonyl (C=O) groups is 2. The summed E-state index contributed by atoms with van der Waals surface area (Å²) in [6, 6.07) is 7.21. The van der Waals surface area contributed by atoms with Gasteiger partial charge in [-0.15, -0.1) is 0 Å². The Balaban J connectivity index is 1.98. The van der Waals surface area contributed by atoms with Crippen LogP contribution in [0.25, 0.3) is 0 Å². The molecule has 6 nitrogen and oxygen atoms in total. The van der Waals surface area contributed by atoms with Crippen LogP contribution in [0.4, 0.5) is 11.4 Å². The Bertz CT molecular complexity index is 537. The van der Waals surface area contributed by atoms with Crippen LogP contribution in [0.5, 0.6) is 0 Å². The molecule has 1 aromatic rings. The van der Waals surface area contributed by atoms with Gasteiger partial charge in [0.1, 0.15) is 6.04 Å². The summed E-state index contributed by atoms with van der Waals surface area (Å²) in [6.45, 7) is 8.47. The minimum atomic E-state index is -0.536. The van der Waals surface area contributed by atoms with Crippen LogP contribution in [-0.2, 0) is 14.3 Å². The van der Waals surface area contributed by atoms with Gasteiger partial charge in [-0.1, -0.05) is 13.8 Å². The lowest BCUT2D eigenvalue weighted by molar-refractivity contribution is -0.126. The first-order valence-corrected chi connectivity index (χ1v) is 7.98. The Labute approximate surface area is 137 Å². The number of amides is 2. The molecule has 0 spiro atoms. The Hall–Kier alpha value is -2.08. The average molecular weight is 319 g/mol. The molecule has 2 rings (SSSR count). The van der Waals surface area contributed by atoms with E-state index in [1.165, 1.54) is 6.92 Å². The SMILES string of the molecule is CC(=O)N[C@H](C(=O)Nc1ccc(N2CCOCC2)cc1)C(C)C. The molecule has 1 atom stereocenters. The van der Waals surface area contributed by atoms with Crippen LogP contribution in [0.3, 0.4) is 0 Å². The summed E-state index contributed by atoms with van der Waals surface area (Å²) in [7, 11) is 0. The molecule has 0 aromatic heterocycles. The molecule has 6 heteroatoms. The summed E-state index contributed by atoms with van der Waals surface area (Å²) >= 11 is 0. The van der Waals surface area contributed by atoms with Crippen molar-refractivity contribution in [3.05, 3.63) is 24.3 Å². The zero-order chi connectivity index (χ0) is 16.8. The highest BCUT2D eigenvalue weighted by Gasteiger charge is 2.23. The first-order valence-electron chi connectivity index (χ1n) is 7.98. The second kappa shape index (κ2) is 7.97. The molecule has 126 valence electrons. The Kier molecular flexibility index (Phi) is 5.98. The smallest absolute Gasteiger partial charge is 0.247 e. The maximum atomic E-state index is 12.3. The van der Waals surface area contributed by atoms with Gasteiger partial charge in [0.15, 0.2) is 0 Å². The number of hydrogen-bond acceptors (Lipinski definition) is 4. The summed E-state index contributed by atoms with van der Waals surface area (Å²) in [5.74, 6) is -0.387. The molecule has 0 unspecified atom stereocenters. The zero-order valence-corrected chi connectivity index (χ0v) is 14.0. The number of hydrogen-bond donors (Lipinski definition) is 2. The molecule has 0 bridgehead atoms. The first-order chi connectivity index (χ1) is 11.0. The van der Waals surface area contributed by atoms with Crippen molar-refractivity contribution >= 4 is 23.2 Å². The lowest BCUT2D eigenvalue weighted by atomic mass is 10.0. The van der Waals surface area contributed by atoms with Crippen LogP contribution in [-0.4, -0.2) is 44.2 Å². The summed E-state index contributed by atoms with van der Waals surface area (Å²) in [5.41, 5.74) is 1.84. The number of rotatable bonds is 5. The molecule has 1 fully saturated rings. The molecule has 2 N–H and O–H groups in total. The number of nitrogens with one attached hydrogen (secondary N) is 2. The minimum Gasteiger partial charge on any atom is -0.378 e. The molecule has 2 amide bonds. The Morgan fingerprint density at radius 2 is 1.74 bits per heavy atom. The van der Waals surface area contributed by atoms with Crippen molar-refractivity contribution in [2.75, 3.05) is 36.5 Å². The van der Waals surface area contributed by atoms with E-state index in [0.29, 0.717) is 0 Å². The van der Waals surface area contributed by atoms with Gasteiger partial charge in [-0.2, -0.15) is 0 Å². The monoisotopic (exact) mass is 319 g/mol. The van der Waals surface area contributed by atoms with Crippen LogP contribution in [0.1, 0.15) is 20.8 Å². The van der Waals surface area contributed by atoms with E-state index in [1.54, 1.807) is 0 Å². The summed E-state index contributed by atoms with van der Waals surface area (Å²) < 4.78 is 5.34. The standard InChI is InChI=1S/C17H25N3O3/c1-12(2)16(18-13(3)21)17(22)19-14-4-6-15(7-5-14)20-8-10-23-11-9-20/h4-7,12,16H,8-11H2,1-3H3,(H,18,21)(H,19,22)/t16-/m0/s1. The van der Waals surface area contributed by atoms with Gasteiger partial charge in [0.05, 0.1) is 13.2 Å². The van der Waals surface area contributed by atoms with Gasteiger partial charge in [0.25, 0.3) is 0 Å². The van der Waals surface area contributed by atoms with Crippen LogP contribution in [0.15, 0.2) is 24.3 Å². The number of carbonyl (C=O) groups excluding carboxylic acids is 2. The van der Waals surface area contributed by atoms with E-state index < -0.39 is 6.04 Å². The van der Waals surface area contributed by atoms with E-state index in [0.717, 1.165) is 37.7 Å². The summed E-state index contributed by atoms with van der Waals surface area (Å²) in [4.78, 5) is 25.8. The third-order valence-electron chi connectivity index (χ3n) is 3.82. The molecular weight excluding hydrogens is 294 g/mol. The largest absolute Gasteiger partial charge is 0.378 e.